The molecule has 242 valence electrons. The van der Waals surface area contributed by atoms with Crippen LogP contribution >= 0.6 is 0 Å². The molecule has 44 heavy (non-hydrogen) atoms. The van der Waals surface area contributed by atoms with Crippen LogP contribution in [0.15, 0.2) is 48.5 Å². The number of hydrogen-bond acceptors (Lipinski definition) is 7. The van der Waals surface area contributed by atoms with E-state index >= 15 is 0 Å². The molecule has 3 atom stereocenters. The Hall–Kier alpha value is -3.92. The molecule has 3 amide bonds. The highest BCUT2D eigenvalue weighted by atomic mass is 16.6. The molecule has 2 aromatic carbocycles. The van der Waals surface area contributed by atoms with Crippen molar-refractivity contribution in [3.8, 4) is 0 Å². The number of esters is 1. The smallest absolute Gasteiger partial charge is 0.408 e. The van der Waals surface area contributed by atoms with Crippen LogP contribution in [-0.2, 0) is 30.3 Å². The van der Waals surface area contributed by atoms with Crippen molar-refractivity contribution in [2.24, 2.45) is 0 Å². The van der Waals surface area contributed by atoms with Gasteiger partial charge in [-0.25, -0.2) is 9.59 Å². The summed E-state index contributed by atoms with van der Waals surface area (Å²) >= 11 is 0. The second-order valence-corrected chi connectivity index (χ2v) is 13.0. The minimum Gasteiger partial charge on any atom is -0.458 e. The number of hydrogen-bond donors (Lipinski definition) is 3. The Morgan fingerprint density at radius 2 is 1.48 bits per heavy atom. The molecule has 0 heterocycles. The Morgan fingerprint density at radius 1 is 0.864 bits per heavy atom. The number of benzene rings is 2. The van der Waals surface area contributed by atoms with Crippen LogP contribution in [0.4, 0.5) is 4.79 Å². The molecule has 0 aliphatic carbocycles. The molecule has 2 rings (SSSR count). The van der Waals surface area contributed by atoms with Gasteiger partial charge in [0.25, 0.3) is 0 Å². The number of aliphatic hydroxyl groups excluding tert-OH is 1. The number of alkyl carbamates (subject to hydrolysis) is 1. The van der Waals surface area contributed by atoms with E-state index in [-0.39, 0.29) is 13.0 Å². The highest BCUT2D eigenvalue weighted by Crippen LogP contribution is 2.27. The molecule has 0 spiro atoms. The normalized spacial score (nSPS) is 13.7. The lowest BCUT2D eigenvalue weighted by atomic mass is 9.95. The van der Waals surface area contributed by atoms with Crippen molar-refractivity contribution in [3.05, 3.63) is 70.8 Å². The number of carbonyl (C=O) groups is 4. The third-order valence-electron chi connectivity index (χ3n) is 6.50. The van der Waals surface area contributed by atoms with Crippen LogP contribution in [0.1, 0.15) is 83.2 Å². The molecule has 3 N–H and O–H groups in total. The van der Waals surface area contributed by atoms with Gasteiger partial charge in [-0.2, -0.15) is 0 Å². The first-order valence-corrected chi connectivity index (χ1v) is 15.0. The van der Waals surface area contributed by atoms with Crippen molar-refractivity contribution in [3.63, 3.8) is 0 Å². The number of ether oxygens (including phenoxy) is 2. The number of nitrogens with one attached hydrogen (secondary N) is 2. The molecular weight excluding hydrogens is 562 g/mol. The Morgan fingerprint density at radius 3 is 2.02 bits per heavy atom. The Bertz CT molecular complexity index is 1280. The Balaban J connectivity index is 2.58. The first-order chi connectivity index (χ1) is 20.5. The van der Waals surface area contributed by atoms with E-state index in [9.17, 15) is 24.3 Å². The SMILES string of the molecule is CCCN(C(=O)C(CO)NC(=O)OC(C)(C)C)C(C(=O)NC(Cc1ccccc1)C(=O)OC(C)(C)C)c1cc(C)ccc1C. The van der Waals surface area contributed by atoms with E-state index in [0.29, 0.717) is 12.0 Å². The fourth-order valence-corrected chi connectivity index (χ4v) is 4.61. The maximum atomic E-state index is 14.3. The van der Waals surface area contributed by atoms with Crippen molar-refractivity contribution in [1.82, 2.24) is 15.5 Å². The topological polar surface area (TPSA) is 134 Å². The number of aryl methyl sites for hydroxylation is 2. The molecular formula is C34H49N3O7. The molecule has 10 heteroatoms. The molecule has 0 fully saturated rings. The molecule has 0 saturated carbocycles. The van der Waals surface area contributed by atoms with Crippen molar-refractivity contribution in [2.45, 2.75) is 104 Å². The molecule has 0 aliphatic heterocycles. The molecule has 0 saturated heterocycles. The molecule has 0 radical (unpaired) electrons. The number of aliphatic hydroxyl groups is 1. The second kappa shape index (κ2) is 15.7. The second-order valence-electron chi connectivity index (χ2n) is 13.0. The van der Waals surface area contributed by atoms with E-state index in [4.69, 9.17) is 9.47 Å². The summed E-state index contributed by atoms with van der Waals surface area (Å²) in [5.41, 5.74) is 1.37. The first kappa shape index (κ1) is 36.3. The number of nitrogens with zero attached hydrogens (tertiary/aromatic N) is 1. The van der Waals surface area contributed by atoms with Gasteiger partial charge < -0.3 is 30.1 Å². The minimum atomic E-state index is -1.37. The van der Waals surface area contributed by atoms with Crippen molar-refractivity contribution < 1.29 is 33.8 Å². The number of carbonyl (C=O) groups excluding carboxylic acids is 4. The van der Waals surface area contributed by atoms with Crippen LogP contribution in [-0.4, -0.2) is 70.3 Å². The maximum Gasteiger partial charge on any atom is 0.408 e. The largest absolute Gasteiger partial charge is 0.458 e. The van der Waals surface area contributed by atoms with E-state index in [1.165, 1.54) is 4.90 Å². The lowest BCUT2D eigenvalue weighted by molar-refractivity contribution is -0.159. The molecule has 0 aliphatic rings. The number of amides is 3. The van der Waals surface area contributed by atoms with E-state index in [1.54, 1.807) is 41.5 Å². The fourth-order valence-electron chi connectivity index (χ4n) is 4.61. The van der Waals surface area contributed by atoms with Crippen LogP contribution in [0.2, 0.25) is 0 Å². The van der Waals surface area contributed by atoms with Gasteiger partial charge in [0.15, 0.2) is 0 Å². The standard InChI is InChI=1S/C34H49N3O7/c1-10-18-37(30(40)27(21-38)36-32(42)44-34(7,8)9)28(25-19-22(2)16-17-23(25)3)29(39)35-26(31(41)43-33(4,5)6)20-24-14-12-11-13-15-24/h11-17,19,26-28,38H,10,18,20-21H2,1-9H3,(H,35,39)(H,36,42). The average Bonchev–Trinajstić information content (AvgIpc) is 2.91. The minimum absolute atomic E-state index is 0.132. The van der Waals surface area contributed by atoms with Gasteiger partial charge in [-0.05, 0) is 78.5 Å². The molecule has 0 aromatic heterocycles. The van der Waals surface area contributed by atoms with Gasteiger partial charge in [0, 0.05) is 13.0 Å². The van der Waals surface area contributed by atoms with Crippen LogP contribution in [0.5, 0.6) is 0 Å². The summed E-state index contributed by atoms with van der Waals surface area (Å²) in [7, 11) is 0. The van der Waals surface area contributed by atoms with Crippen LogP contribution in [0.3, 0.4) is 0 Å². The van der Waals surface area contributed by atoms with E-state index in [1.807, 2.05) is 69.3 Å². The van der Waals surface area contributed by atoms with Crippen molar-refractivity contribution in [1.29, 1.82) is 0 Å². The van der Waals surface area contributed by atoms with Crippen LogP contribution < -0.4 is 10.6 Å². The van der Waals surface area contributed by atoms with Gasteiger partial charge in [0.2, 0.25) is 11.8 Å². The summed E-state index contributed by atoms with van der Waals surface area (Å²) < 4.78 is 11.0. The van der Waals surface area contributed by atoms with Crippen LogP contribution in [0, 0.1) is 13.8 Å². The molecule has 3 unspecified atom stereocenters. The van der Waals surface area contributed by atoms with Gasteiger partial charge in [-0.15, -0.1) is 0 Å². The highest BCUT2D eigenvalue weighted by molar-refractivity contribution is 5.94. The zero-order valence-electron chi connectivity index (χ0n) is 27.5. The molecule has 10 nitrogen and oxygen atoms in total. The Labute approximate surface area is 261 Å². The molecule has 2 aromatic rings. The lowest BCUT2D eigenvalue weighted by Crippen LogP contribution is -2.56. The van der Waals surface area contributed by atoms with Crippen molar-refractivity contribution >= 4 is 23.9 Å². The van der Waals surface area contributed by atoms with Gasteiger partial charge in [0.05, 0.1) is 6.61 Å². The summed E-state index contributed by atoms with van der Waals surface area (Å²) in [6.45, 7) is 15.3. The number of rotatable bonds is 12. The van der Waals surface area contributed by atoms with Gasteiger partial charge in [-0.3, -0.25) is 9.59 Å². The zero-order chi connectivity index (χ0) is 33.2. The summed E-state index contributed by atoms with van der Waals surface area (Å²) in [5, 5.41) is 15.5. The van der Waals surface area contributed by atoms with Crippen molar-refractivity contribution in [2.75, 3.05) is 13.2 Å². The van der Waals surface area contributed by atoms with Gasteiger partial charge in [-0.1, -0.05) is 61.0 Å². The van der Waals surface area contributed by atoms with E-state index in [2.05, 4.69) is 10.6 Å². The fraction of sp³-hybridized carbons (Fsp3) is 0.529. The maximum absolute atomic E-state index is 14.3. The highest BCUT2D eigenvalue weighted by Gasteiger charge is 2.38. The monoisotopic (exact) mass is 611 g/mol. The first-order valence-electron chi connectivity index (χ1n) is 15.0. The van der Waals surface area contributed by atoms with E-state index in [0.717, 1.165) is 16.7 Å². The van der Waals surface area contributed by atoms with Gasteiger partial charge in [0.1, 0.15) is 29.3 Å². The predicted octanol–water partition coefficient (Wildman–Crippen LogP) is 4.54. The molecule has 0 bridgehead atoms. The summed E-state index contributed by atoms with van der Waals surface area (Å²) in [6.07, 6.45) is -0.228. The van der Waals surface area contributed by atoms with Crippen LogP contribution in [0.25, 0.3) is 0 Å². The zero-order valence-corrected chi connectivity index (χ0v) is 27.5. The third-order valence-corrected chi connectivity index (χ3v) is 6.50. The third kappa shape index (κ3) is 11.3. The van der Waals surface area contributed by atoms with E-state index < -0.39 is 59.8 Å². The summed E-state index contributed by atoms with van der Waals surface area (Å²) in [5.74, 6) is -1.87. The Kier molecular flexibility index (Phi) is 12.9. The summed E-state index contributed by atoms with van der Waals surface area (Å²) in [6, 6.07) is 11.2. The summed E-state index contributed by atoms with van der Waals surface area (Å²) in [4.78, 5) is 55.6. The quantitative estimate of drug-likeness (QED) is 0.300. The predicted molar refractivity (Wildman–Crippen MR) is 169 cm³/mol. The average molecular weight is 612 g/mol. The lowest BCUT2D eigenvalue weighted by Gasteiger charge is -2.35. The van der Waals surface area contributed by atoms with Gasteiger partial charge >= 0.3 is 12.1 Å².